The van der Waals surface area contributed by atoms with E-state index in [0.717, 1.165) is 17.7 Å². The highest BCUT2D eigenvalue weighted by Crippen LogP contribution is 2.21. The lowest BCUT2D eigenvalue weighted by Gasteiger charge is -2.06. The van der Waals surface area contributed by atoms with Crippen molar-refractivity contribution >= 4 is 0 Å². The summed E-state index contributed by atoms with van der Waals surface area (Å²) in [6.07, 6.45) is 22.6. The van der Waals surface area contributed by atoms with Crippen LogP contribution in [0.2, 0.25) is 0 Å². The van der Waals surface area contributed by atoms with Crippen LogP contribution in [0.15, 0.2) is 55.0 Å². The number of unbranched alkanes of at least 4 members (excludes halogenated alkanes) is 9. The van der Waals surface area contributed by atoms with Crippen LogP contribution in [0.1, 0.15) is 95.6 Å². The molecule has 3 nitrogen and oxygen atoms in total. The summed E-state index contributed by atoms with van der Waals surface area (Å²) in [4.78, 5) is 13.8. The summed E-state index contributed by atoms with van der Waals surface area (Å²) in [6, 6.07) is 13.1. The smallest absolute Gasteiger partial charge is 0.178 e. The first-order valence-corrected chi connectivity index (χ1v) is 13.2. The Morgan fingerprint density at radius 3 is 1.61 bits per heavy atom. The fourth-order valence-electron chi connectivity index (χ4n) is 4.22. The molecule has 0 radical (unpaired) electrons. The van der Waals surface area contributed by atoms with E-state index in [1.54, 1.807) is 0 Å². The summed E-state index contributed by atoms with van der Waals surface area (Å²) >= 11 is 0. The summed E-state index contributed by atoms with van der Waals surface area (Å²) < 4.78 is 0. The lowest BCUT2D eigenvalue weighted by molar-refractivity contribution is 0.607. The second kappa shape index (κ2) is 14.6. The number of nitrogens with zero attached hydrogens (tertiary/aromatic N) is 3. The molecule has 0 saturated heterocycles. The van der Waals surface area contributed by atoms with Crippen molar-refractivity contribution in [3.8, 4) is 22.6 Å². The maximum atomic E-state index is 4.61. The van der Waals surface area contributed by atoms with Crippen molar-refractivity contribution in [2.75, 3.05) is 0 Å². The van der Waals surface area contributed by atoms with Gasteiger partial charge in [-0.25, -0.2) is 9.97 Å². The van der Waals surface area contributed by atoms with Gasteiger partial charge in [-0.2, -0.15) is 0 Å². The van der Waals surface area contributed by atoms with E-state index in [0.29, 0.717) is 5.82 Å². The van der Waals surface area contributed by atoms with Gasteiger partial charge in [0, 0.05) is 24.2 Å². The SMILES string of the molecule is CCCCCCCCc1ccc(-c2ncc(-c3ccc(CCCCCCC)cc3)cn2)nc1. The summed E-state index contributed by atoms with van der Waals surface area (Å²) in [5.41, 5.74) is 5.77. The van der Waals surface area contributed by atoms with Crippen LogP contribution in [0, 0.1) is 0 Å². The third-order valence-corrected chi connectivity index (χ3v) is 6.38. The van der Waals surface area contributed by atoms with Crippen molar-refractivity contribution in [2.24, 2.45) is 0 Å². The van der Waals surface area contributed by atoms with Crippen LogP contribution in [-0.2, 0) is 12.8 Å². The minimum atomic E-state index is 0.688. The number of aromatic nitrogens is 3. The molecule has 3 rings (SSSR count). The Hall–Kier alpha value is -2.55. The molecule has 0 aliphatic carbocycles. The van der Waals surface area contributed by atoms with Gasteiger partial charge in [-0.1, -0.05) is 102 Å². The minimum Gasteiger partial charge on any atom is -0.253 e. The number of hydrogen-bond acceptors (Lipinski definition) is 3. The van der Waals surface area contributed by atoms with Crippen molar-refractivity contribution in [3.05, 3.63) is 66.1 Å². The number of rotatable bonds is 15. The predicted octanol–water partition coefficient (Wildman–Crippen LogP) is 8.62. The van der Waals surface area contributed by atoms with E-state index in [2.05, 4.69) is 65.2 Å². The Labute approximate surface area is 201 Å². The van der Waals surface area contributed by atoms with Crippen molar-refractivity contribution in [1.82, 2.24) is 15.0 Å². The Morgan fingerprint density at radius 2 is 1.03 bits per heavy atom. The molecule has 0 amide bonds. The molecule has 0 aliphatic heterocycles. The van der Waals surface area contributed by atoms with E-state index in [1.807, 2.05) is 18.6 Å². The van der Waals surface area contributed by atoms with Gasteiger partial charge in [0.2, 0.25) is 0 Å². The van der Waals surface area contributed by atoms with E-state index in [9.17, 15) is 0 Å². The monoisotopic (exact) mass is 443 g/mol. The maximum Gasteiger partial charge on any atom is 0.178 e. The third kappa shape index (κ3) is 8.72. The Morgan fingerprint density at radius 1 is 0.485 bits per heavy atom. The van der Waals surface area contributed by atoms with Crippen LogP contribution in [0.5, 0.6) is 0 Å². The first kappa shape index (κ1) is 25.1. The van der Waals surface area contributed by atoms with Crippen LogP contribution in [0.25, 0.3) is 22.6 Å². The molecule has 2 aromatic heterocycles. The fourth-order valence-corrected chi connectivity index (χ4v) is 4.22. The van der Waals surface area contributed by atoms with Crippen molar-refractivity contribution in [3.63, 3.8) is 0 Å². The molecule has 33 heavy (non-hydrogen) atoms. The highest BCUT2D eigenvalue weighted by Gasteiger charge is 2.05. The number of benzene rings is 1. The van der Waals surface area contributed by atoms with Crippen LogP contribution in [0.4, 0.5) is 0 Å². The average molecular weight is 444 g/mol. The van der Waals surface area contributed by atoms with E-state index in [1.165, 1.54) is 93.7 Å². The lowest BCUT2D eigenvalue weighted by atomic mass is 10.0. The highest BCUT2D eigenvalue weighted by atomic mass is 14.9. The molecule has 0 aliphatic rings. The molecule has 1 aromatic carbocycles. The zero-order chi connectivity index (χ0) is 23.1. The second-order valence-electron chi connectivity index (χ2n) is 9.23. The molecule has 0 fully saturated rings. The zero-order valence-corrected chi connectivity index (χ0v) is 20.7. The molecule has 2 heterocycles. The van der Waals surface area contributed by atoms with Crippen LogP contribution in [0.3, 0.4) is 0 Å². The summed E-state index contributed by atoms with van der Waals surface area (Å²) in [7, 11) is 0. The Kier molecular flexibility index (Phi) is 11.1. The molecule has 0 atom stereocenters. The molecular weight excluding hydrogens is 402 g/mol. The van der Waals surface area contributed by atoms with Crippen molar-refractivity contribution in [2.45, 2.75) is 97.3 Å². The maximum absolute atomic E-state index is 4.61. The first-order chi connectivity index (χ1) is 16.3. The number of aryl methyl sites for hydroxylation is 2. The molecule has 0 spiro atoms. The van der Waals surface area contributed by atoms with Crippen LogP contribution < -0.4 is 0 Å². The summed E-state index contributed by atoms with van der Waals surface area (Å²) in [5.74, 6) is 0.688. The Bertz CT molecular complexity index is 899. The van der Waals surface area contributed by atoms with Gasteiger partial charge in [0.1, 0.15) is 5.69 Å². The van der Waals surface area contributed by atoms with Gasteiger partial charge in [-0.15, -0.1) is 0 Å². The molecule has 176 valence electrons. The van der Waals surface area contributed by atoms with Gasteiger partial charge in [-0.3, -0.25) is 4.98 Å². The average Bonchev–Trinajstić information content (AvgIpc) is 2.87. The molecule has 3 heteroatoms. The van der Waals surface area contributed by atoms with Gasteiger partial charge in [0.15, 0.2) is 5.82 Å². The first-order valence-electron chi connectivity index (χ1n) is 13.2. The molecule has 0 N–H and O–H groups in total. The third-order valence-electron chi connectivity index (χ3n) is 6.38. The van der Waals surface area contributed by atoms with Gasteiger partial charge in [-0.05, 0) is 48.4 Å². The van der Waals surface area contributed by atoms with E-state index in [-0.39, 0.29) is 0 Å². The quantitative estimate of drug-likeness (QED) is 0.221. The lowest BCUT2D eigenvalue weighted by Crippen LogP contribution is -1.94. The molecule has 0 saturated carbocycles. The summed E-state index contributed by atoms with van der Waals surface area (Å²) in [6.45, 7) is 4.53. The molecule has 3 aromatic rings. The van der Waals surface area contributed by atoms with E-state index in [4.69, 9.17) is 0 Å². The molecule has 0 unspecified atom stereocenters. The largest absolute Gasteiger partial charge is 0.253 e. The Balaban J connectivity index is 1.48. The van der Waals surface area contributed by atoms with Gasteiger partial charge < -0.3 is 0 Å². The molecular formula is C30H41N3. The van der Waals surface area contributed by atoms with Gasteiger partial charge in [0.05, 0.1) is 0 Å². The van der Waals surface area contributed by atoms with Gasteiger partial charge in [0.25, 0.3) is 0 Å². The normalized spacial score (nSPS) is 11.1. The fraction of sp³-hybridized carbons (Fsp3) is 0.500. The van der Waals surface area contributed by atoms with Crippen molar-refractivity contribution < 1.29 is 0 Å². The predicted molar refractivity (Wildman–Crippen MR) is 140 cm³/mol. The van der Waals surface area contributed by atoms with Gasteiger partial charge >= 0.3 is 0 Å². The summed E-state index contributed by atoms with van der Waals surface area (Å²) in [5, 5.41) is 0. The number of pyridine rings is 1. The van der Waals surface area contributed by atoms with E-state index >= 15 is 0 Å². The van der Waals surface area contributed by atoms with Crippen molar-refractivity contribution in [1.29, 1.82) is 0 Å². The minimum absolute atomic E-state index is 0.688. The van der Waals surface area contributed by atoms with Crippen LogP contribution in [-0.4, -0.2) is 15.0 Å². The molecule has 0 bridgehead atoms. The second-order valence-corrected chi connectivity index (χ2v) is 9.23. The highest BCUT2D eigenvalue weighted by molar-refractivity contribution is 5.63. The van der Waals surface area contributed by atoms with E-state index < -0.39 is 0 Å². The van der Waals surface area contributed by atoms with Crippen LogP contribution >= 0.6 is 0 Å². The zero-order valence-electron chi connectivity index (χ0n) is 20.7. The number of hydrogen-bond donors (Lipinski definition) is 0. The topological polar surface area (TPSA) is 38.7 Å². The standard InChI is InChI=1S/C30H41N3/c1-3-5-7-9-11-13-15-26-18-21-29(31-22-26)30-32-23-28(24-33-30)27-19-16-25(17-20-27)14-12-10-8-6-4-2/h16-24H,3-15H2,1-2H3.